The van der Waals surface area contributed by atoms with Gasteiger partial charge in [0.25, 0.3) is 0 Å². The fourth-order valence-electron chi connectivity index (χ4n) is 2.75. The van der Waals surface area contributed by atoms with E-state index in [1.807, 2.05) is 35.9 Å². The van der Waals surface area contributed by atoms with Gasteiger partial charge in [-0.2, -0.15) is 9.61 Å². The number of hydrogen-bond acceptors (Lipinski definition) is 3. The van der Waals surface area contributed by atoms with E-state index in [0.29, 0.717) is 18.2 Å². The molecule has 2 N–H and O–H groups in total. The standard InChI is InChI=1S/C16H19ClN4O/c1-10-14(16(18)19-17)20-21(15(10)12-5-6-12)9-11-3-7-13(22-2)8-4-11/h3-4,7-8,12H,5-6,9H2,1-2H3,(H2,18,19). The monoisotopic (exact) mass is 318 g/mol. The van der Waals surface area contributed by atoms with Crippen LogP contribution in [-0.2, 0) is 6.54 Å². The van der Waals surface area contributed by atoms with Gasteiger partial charge in [-0.1, -0.05) is 12.1 Å². The lowest BCUT2D eigenvalue weighted by Crippen LogP contribution is -2.14. The first-order chi connectivity index (χ1) is 10.6. The fourth-order valence-corrected chi connectivity index (χ4v) is 2.83. The fraction of sp³-hybridized carbons (Fsp3) is 0.375. The van der Waals surface area contributed by atoms with E-state index in [4.69, 9.17) is 22.2 Å². The number of halogens is 1. The van der Waals surface area contributed by atoms with Crippen LogP contribution in [0.15, 0.2) is 28.8 Å². The van der Waals surface area contributed by atoms with E-state index >= 15 is 0 Å². The first-order valence-corrected chi connectivity index (χ1v) is 7.63. The van der Waals surface area contributed by atoms with E-state index in [-0.39, 0.29) is 5.84 Å². The highest BCUT2D eigenvalue weighted by Crippen LogP contribution is 2.42. The Labute approximate surface area is 134 Å². The zero-order valence-corrected chi connectivity index (χ0v) is 13.5. The van der Waals surface area contributed by atoms with Crippen LogP contribution < -0.4 is 10.5 Å². The third kappa shape index (κ3) is 2.81. The lowest BCUT2D eigenvalue weighted by atomic mass is 10.1. The molecule has 0 unspecified atom stereocenters. The molecule has 1 aliphatic rings. The molecule has 5 nitrogen and oxygen atoms in total. The van der Waals surface area contributed by atoms with E-state index in [0.717, 1.165) is 16.9 Å². The van der Waals surface area contributed by atoms with Crippen molar-refractivity contribution in [2.75, 3.05) is 7.11 Å². The van der Waals surface area contributed by atoms with Gasteiger partial charge in [0.05, 0.1) is 13.7 Å². The molecule has 1 heterocycles. The van der Waals surface area contributed by atoms with Gasteiger partial charge < -0.3 is 10.5 Å². The van der Waals surface area contributed by atoms with Crippen LogP contribution in [0, 0.1) is 6.92 Å². The second-order valence-electron chi connectivity index (χ2n) is 5.61. The maximum absolute atomic E-state index is 5.85. The summed E-state index contributed by atoms with van der Waals surface area (Å²) in [4.78, 5) is 0. The van der Waals surface area contributed by atoms with Crippen molar-refractivity contribution in [3.63, 3.8) is 0 Å². The molecule has 6 heteroatoms. The second kappa shape index (κ2) is 6.01. The molecule has 0 saturated heterocycles. The lowest BCUT2D eigenvalue weighted by Gasteiger charge is -2.08. The van der Waals surface area contributed by atoms with Crippen molar-refractivity contribution in [3.05, 3.63) is 46.8 Å². The first-order valence-electron chi connectivity index (χ1n) is 7.29. The predicted molar refractivity (Wildman–Crippen MR) is 87.6 cm³/mol. The highest BCUT2D eigenvalue weighted by molar-refractivity contribution is 6.21. The van der Waals surface area contributed by atoms with Gasteiger partial charge >= 0.3 is 0 Å². The molecule has 1 saturated carbocycles. The van der Waals surface area contributed by atoms with E-state index in [1.165, 1.54) is 18.5 Å². The van der Waals surface area contributed by atoms with Crippen LogP contribution in [0.1, 0.15) is 41.3 Å². The van der Waals surface area contributed by atoms with E-state index < -0.39 is 0 Å². The van der Waals surface area contributed by atoms with Crippen molar-refractivity contribution in [2.45, 2.75) is 32.2 Å². The zero-order valence-electron chi connectivity index (χ0n) is 12.7. The minimum absolute atomic E-state index is 0.273. The Morgan fingerprint density at radius 1 is 1.41 bits per heavy atom. The maximum atomic E-state index is 5.85. The van der Waals surface area contributed by atoms with Crippen molar-refractivity contribution < 1.29 is 4.74 Å². The van der Waals surface area contributed by atoms with Crippen molar-refractivity contribution in [3.8, 4) is 5.75 Å². The van der Waals surface area contributed by atoms with Crippen molar-refractivity contribution >= 4 is 17.6 Å². The molecular formula is C16H19ClN4O. The average Bonchev–Trinajstić information content (AvgIpc) is 3.32. The number of nitrogens with zero attached hydrogens (tertiary/aromatic N) is 3. The third-order valence-corrected chi connectivity index (χ3v) is 4.21. The summed E-state index contributed by atoms with van der Waals surface area (Å²) in [5, 5.41) is 4.62. The SMILES string of the molecule is COc1ccc(Cn2nc(/C(N)=N/Cl)c(C)c2C2CC2)cc1. The molecule has 0 atom stereocenters. The lowest BCUT2D eigenvalue weighted by molar-refractivity contribution is 0.414. The van der Waals surface area contributed by atoms with Crippen LogP contribution in [0.2, 0.25) is 0 Å². The summed E-state index contributed by atoms with van der Waals surface area (Å²) < 4.78 is 10.8. The molecule has 0 spiro atoms. The molecule has 1 fully saturated rings. The van der Waals surface area contributed by atoms with Gasteiger partial charge in [-0.3, -0.25) is 4.68 Å². The number of ether oxygens (including phenoxy) is 1. The van der Waals surface area contributed by atoms with E-state index in [1.54, 1.807) is 7.11 Å². The van der Waals surface area contributed by atoms with Gasteiger partial charge in [-0.25, -0.2) is 0 Å². The number of rotatable bonds is 5. The first kappa shape index (κ1) is 14.9. The molecule has 1 aromatic carbocycles. The van der Waals surface area contributed by atoms with Crippen LogP contribution in [-0.4, -0.2) is 22.7 Å². The quantitative estimate of drug-likeness (QED) is 0.681. The molecule has 0 bridgehead atoms. The molecule has 116 valence electrons. The number of nitrogens with two attached hydrogens (primary N) is 1. The van der Waals surface area contributed by atoms with E-state index in [2.05, 4.69) is 9.61 Å². The van der Waals surface area contributed by atoms with Gasteiger partial charge in [-0.05, 0) is 37.5 Å². The Bertz CT molecular complexity index is 702. The van der Waals surface area contributed by atoms with E-state index in [9.17, 15) is 0 Å². The van der Waals surface area contributed by atoms with Crippen molar-refractivity contribution in [1.29, 1.82) is 0 Å². The molecule has 22 heavy (non-hydrogen) atoms. The van der Waals surface area contributed by atoms with Crippen LogP contribution in [0.4, 0.5) is 0 Å². The smallest absolute Gasteiger partial charge is 0.166 e. The number of hydrogen-bond donors (Lipinski definition) is 1. The Morgan fingerprint density at radius 2 is 2.09 bits per heavy atom. The Balaban J connectivity index is 1.94. The van der Waals surface area contributed by atoms with Crippen molar-refractivity contribution in [1.82, 2.24) is 9.78 Å². The summed E-state index contributed by atoms with van der Waals surface area (Å²) in [6.07, 6.45) is 2.40. The van der Waals surface area contributed by atoms with Crippen molar-refractivity contribution in [2.24, 2.45) is 10.2 Å². The molecular weight excluding hydrogens is 300 g/mol. The molecule has 0 aliphatic heterocycles. The summed E-state index contributed by atoms with van der Waals surface area (Å²) in [6, 6.07) is 8.01. The largest absolute Gasteiger partial charge is 0.497 e. The Kier molecular flexibility index (Phi) is 4.07. The topological polar surface area (TPSA) is 65.4 Å². The second-order valence-corrected chi connectivity index (χ2v) is 5.78. The summed E-state index contributed by atoms with van der Waals surface area (Å²) in [7, 11) is 1.66. The van der Waals surface area contributed by atoms with Gasteiger partial charge in [-0.15, -0.1) is 0 Å². The van der Waals surface area contributed by atoms with Crippen LogP contribution in [0.5, 0.6) is 5.75 Å². The molecule has 0 amide bonds. The van der Waals surface area contributed by atoms with Gasteiger partial charge in [0, 0.05) is 29.0 Å². The maximum Gasteiger partial charge on any atom is 0.166 e. The number of benzene rings is 1. The summed E-state index contributed by atoms with van der Waals surface area (Å²) in [5.41, 5.74) is 10.0. The molecule has 1 aromatic heterocycles. The summed E-state index contributed by atoms with van der Waals surface area (Å²) >= 11 is 5.51. The number of aromatic nitrogens is 2. The van der Waals surface area contributed by atoms with Gasteiger partial charge in [0.1, 0.15) is 11.4 Å². The third-order valence-electron chi connectivity index (χ3n) is 4.03. The van der Waals surface area contributed by atoms with Crippen LogP contribution in [0.25, 0.3) is 0 Å². The minimum atomic E-state index is 0.273. The highest BCUT2D eigenvalue weighted by atomic mass is 35.5. The van der Waals surface area contributed by atoms with Gasteiger partial charge in [0.2, 0.25) is 0 Å². The minimum Gasteiger partial charge on any atom is -0.497 e. The molecule has 1 aliphatic carbocycles. The number of amidine groups is 1. The van der Waals surface area contributed by atoms with Crippen LogP contribution >= 0.6 is 11.8 Å². The van der Waals surface area contributed by atoms with Crippen LogP contribution in [0.3, 0.4) is 0 Å². The molecule has 2 aromatic rings. The predicted octanol–water partition coefficient (Wildman–Crippen LogP) is 2.98. The normalized spacial score (nSPS) is 15.1. The van der Waals surface area contributed by atoms with Gasteiger partial charge in [0.15, 0.2) is 5.84 Å². The zero-order chi connectivity index (χ0) is 15.7. The highest BCUT2D eigenvalue weighted by Gasteiger charge is 2.31. The summed E-state index contributed by atoms with van der Waals surface area (Å²) in [6.45, 7) is 2.74. The Morgan fingerprint density at radius 3 is 2.64 bits per heavy atom. The number of methoxy groups -OCH3 is 1. The molecule has 0 radical (unpaired) electrons. The summed E-state index contributed by atoms with van der Waals surface area (Å²) in [5.74, 6) is 1.69. The average molecular weight is 319 g/mol. The Hall–Kier alpha value is -2.01. The molecule has 3 rings (SSSR count).